The number of nitrogens with two attached hydrogens (primary N) is 1. The van der Waals surface area contributed by atoms with Crippen molar-refractivity contribution in [3.63, 3.8) is 0 Å². The van der Waals surface area contributed by atoms with E-state index in [9.17, 15) is 9.18 Å². The van der Waals surface area contributed by atoms with E-state index in [0.29, 0.717) is 0 Å². The molecule has 1 fully saturated rings. The molecule has 0 bridgehead atoms. The van der Waals surface area contributed by atoms with Crippen LogP contribution in [0.25, 0.3) is 0 Å². The highest BCUT2D eigenvalue weighted by atomic mass is 32.2. The van der Waals surface area contributed by atoms with E-state index in [1.807, 2.05) is 6.07 Å². The van der Waals surface area contributed by atoms with Crippen LogP contribution >= 0.6 is 11.8 Å². The summed E-state index contributed by atoms with van der Waals surface area (Å²) in [7, 11) is 0. The first-order valence-electron chi connectivity index (χ1n) is 7.61. The van der Waals surface area contributed by atoms with E-state index < -0.39 is 0 Å². The quantitative estimate of drug-likeness (QED) is 0.883. The van der Waals surface area contributed by atoms with Gasteiger partial charge in [-0.1, -0.05) is 6.42 Å². The lowest BCUT2D eigenvalue weighted by Gasteiger charge is -2.30. The van der Waals surface area contributed by atoms with Gasteiger partial charge in [0.2, 0.25) is 5.91 Å². The van der Waals surface area contributed by atoms with Gasteiger partial charge in [-0.15, -0.1) is 11.8 Å². The number of nitrogens with one attached hydrogen (secondary N) is 1. The van der Waals surface area contributed by atoms with Gasteiger partial charge in [0.05, 0.1) is 6.04 Å². The number of rotatable bonds is 2. The van der Waals surface area contributed by atoms with Crippen molar-refractivity contribution in [1.29, 1.82) is 0 Å². The van der Waals surface area contributed by atoms with Gasteiger partial charge in [0, 0.05) is 22.6 Å². The maximum absolute atomic E-state index is 13.5. The molecule has 1 amide bonds. The van der Waals surface area contributed by atoms with Gasteiger partial charge in [-0.05, 0) is 49.4 Å². The normalized spacial score (nSPS) is 28.8. The van der Waals surface area contributed by atoms with Gasteiger partial charge in [0.15, 0.2) is 0 Å². The second kappa shape index (κ2) is 6.36. The Bertz CT molecular complexity index is 537. The van der Waals surface area contributed by atoms with E-state index in [2.05, 4.69) is 5.32 Å². The number of thioether (sulfide) groups is 1. The zero-order chi connectivity index (χ0) is 14.8. The van der Waals surface area contributed by atoms with Gasteiger partial charge in [-0.25, -0.2) is 4.39 Å². The van der Waals surface area contributed by atoms with Crippen molar-refractivity contribution < 1.29 is 9.18 Å². The van der Waals surface area contributed by atoms with E-state index in [-0.39, 0.29) is 29.7 Å². The molecule has 1 heterocycles. The van der Waals surface area contributed by atoms with Crippen LogP contribution < -0.4 is 11.1 Å². The van der Waals surface area contributed by atoms with Gasteiger partial charge in [-0.3, -0.25) is 4.79 Å². The Kier molecular flexibility index (Phi) is 4.50. The molecule has 114 valence electrons. The third-order valence-electron chi connectivity index (χ3n) is 4.41. The van der Waals surface area contributed by atoms with Crippen LogP contribution in [-0.2, 0) is 4.79 Å². The summed E-state index contributed by atoms with van der Waals surface area (Å²) in [5, 5.41) is 3.12. The maximum Gasteiger partial charge on any atom is 0.223 e. The summed E-state index contributed by atoms with van der Waals surface area (Å²) in [5.74, 6) is 0.807. The molecule has 21 heavy (non-hydrogen) atoms. The van der Waals surface area contributed by atoms with Crippen LogP contribution in [0.4, 0.5) is 4.39 Å². The zero-order valence-corrected chi connectivity index (χ0v) is 12.8. The highest BCUT2D eigenvalue weighted by Crippen LogP contribution is 2.37. The van der Waals surface area contributed by atoms with Crippen molar-refractivity contribution in [1.82, 2.24) is 5.32 Å². The SMILES string of the molecule is NC1CCCC(C(=O)NC2CCSc3ccc(F)cc32)C1. The Morgan fingerprint density at radius 1 is 1.33 bits per heavy atom. The van der Waals surface area contributed by atoms with Crippen molar-refractivity contribution >= 4 is 17.7 Å². The van der Waals surface area contributed by atoms with Crippen molar-refractivity contribution in [3.05, 3.63) is 29.6 Å². The Morgan fingerprint density at radius 3 is 3.00 bits per heavy atom. The van der Waals surface area contributed by atoms with Crippen LogP contribution in [-0.4, -0.2) is 17.7 Å². The number of hydrogen-bond acceptors (Lipinski definition) is 3. The number of amides is 1. The Labute approximate surface area is 128 Å². The molecule has 0 saturated heterocycles. The summed E-state index contributed by atoms with van der Waals surface area (Å²) in [6.07, 6.45) is 4.56. The molecule has 2 aliphatic rings. The summed E-state index contributed by atoms with van der Waals surface area (Å²) >= 11 is 1.73. The highest BCUT2D eigenvalue weighted by Gasteiger charge is 2.29. The molecule has 1 aromatic carbocycles. The minimum atomic E-state index is -0.241. The fourth-order valence-electron chi connectivity index (χ4n) is 3.27. The molecule has 3 unspecified atom stereocenters. The highest BCUT2D eigenvalue weighted by molar-refractivity contribution is 7.99. The summed E-state index contributed by atoms with van der Waals surface area (Å²) in [6.45, 7) is 0. The van der Waals surface area contributed by atoms with Crippen LogP contribution in [0.1, 0.15) is 43.7 Å². The molecule has 3 N–H and O–H groups in total. The van der Waals surface area contributed by atoms with Crippen LogP contribution in [0.2, 0.25) is 0 Å². The summed E-state index contributed by atoms with van der Waals surface area (Å²) in [4.78, 5) is 13.5. The van der Waals surface area contributed by atoms with E-state index in [1.165, 1.54) is 6.07 Å². The third kappa shape index (κ3) is 3.40. The number of hydrogen-bond donors (Lipinski definition) is 2. The molecule has 0 spiro atoms. The number of carbonyl (C=O) groups excluding carboxylic acids is 1. The minimum Gasteiger partial charge on any atom is -0.349 e. The molecule has 1 aliphatic heterocycles. The van der Waals surface area contributed by atoms with E-state index in [4.69, 9.17) is 5.73 Å². The zero-order valence-electron chi connectivity index (χ0n) is 12.0. The number of carbonyl (C=O) groups is 1. The maximum atomic E-state index is 13.5. The van der Waals surface area contributed by atoms with Crippen molar-refractivity contribution in [2.45, 2.75) is 49.1 Å². The third-order valence-corrected chi connectivity index (χ3v) is 5.54. The molecule has 0 radical (unpaired) electrons. The van der Waals surface area contributed by atoms with Gasteiger partial charge >= 0.3 is 0 Å². The number of benzene rings is 1. The lowest BCUT2D eigenvalue weighted by atomic mass is 9.85. The standard InChI is InChI=1S/C16H21FN2OS/c17-11-4-5-15-13(9-11)14(6-7-21-15)19-16(20)10-2-1-3-12(18)8-10/h4-5,9-10,12,14H,1-3,6-8,18H2,(H,19,20). The summed E-state index contributed by atoms with van der Waals surface area (Å²) < 4.78 is 13.5. The second-order valence-electron chi connectivity index (χ2n) is 6.00. The van der Waals surface area contributed by atoms with Gasteiger partial charge in [-0.2, -0.15) is 0 Å². The summed E-state index contributed by atoms with van der Waals surface area (Å²) in [6, 6.07) is 4.92. The molecule has 3 nitrogen and oxygen atoms in total. The van der Waals surface area contributed by atoms with Crippen LogP contribution in [0.3, 0.4) is 0 Å². The van der Waals surface area contributed by atoms with E-state index >= 15 is 0 Å². The van der Waals surface area contributed by atoms with Gasteiger partial charge < -0.3 is 11.1 Å². The lowest BCUT2D eigenvalue weighted by Crippen LogP contribution is -2.40. The molecule has 0 aromatic heterocycles. The Morgan fingerprint density at radius 2 is 2.19 bits per heavy atom. The van der Waals surface area contributed by atoms with Crippen molar-refractivity contribution in [2.24, 2.45) is 11.7 Å². The topological polar surface area (TPSA) is 55.1 Å². The van der Waals surface area contributed by atoms with Crippen LogP contribution in [0.5, 0.6) is 0 Å². The Balaban J connectivity index is 1.71. The molecule has 3 rings (SSSR count). The largest absolute Gasteiger partial charge is 0.349 e. The summed E-state index contributed by atoms with van der Waals surface area (Å²) in [5.41, 5.74) is 6.88. The molecule has 1 aromatic rings. The van der Waals surface area contributed by atoms with Crippen molar-refractivity contribution in [2.75, 3.05) is 5.75 Å². The second-order valence-corrected chi connectivity index (χ2v) is 7.14. The average Bonchev–Trinajstić information content (AvgIpc) is 2.48. The predicted octanol–water partition coefficient (Wildman–Crippen LogP) is 3.00. The average molecular weight is 308 g/mol. The van der Waals surface area contributed by atoms with Crippen molar-refractivity contribution in [3.8, 4) is 0 Å². The van der Waals surface area contributed by atoms with E-state index in [0.717, 1.165) is 48.3 Å². The van der Waals surface area contributed by atoms with Crippen LogP contribution in [0.15, 0.2) is 23.1 Å². The molecule has 5 heteroatoms. The van der Waals surface area contributed by atoms with E-state index in [1.54, 1.807) is 17.8 Å². The van der Waals surface area contributed by atoms with Gasteiger partial charge in [0.1, 0.15) is 5.82 Å². The lowest BCUT2D eigenvalue weighted by molar-refractivity contribution is -0.126. The molecule has 1 saturated carbocycles. The molecule has 1 aliphatic carbocycles. The molecule has 3 atom stereocenters. The van der Waals surface area contributed by atoms with Crippen LogP contribution in [0, 0.1) is 11.7 Å². The fraction of sp³-hybridized carbons (Fsp3) is 0.562. The minimum absolute atomic E-state index is 0.0142. The first-order chi connectivity index (χ1) is 10.1. The first-order valence-corrected chi connectivity index (χ1v) is 8.60. The Hall–Kier alpha value is -1.07. The molecular formula is C16H21FN2OS. The molecular weight excluding hydrogens is 287 g/mol. The number of fused-ring (bicyclic) bond motifs is 1. The number of halogens is 1. The predicted molar refractivity (Wildman–Crippen MR) is 82.6 cm³/mol. The fourth-order valence-corrected chi connectivity index (χ4v) is 4.38. The first kappa shape index (κ1) is 14.9. The smallest absolute Gasteiger partial charge is 0.223 e. The monoisotopic (exact) mass is 308 g/mol. The van der Waals surface area contributed by atoms with Gasteiger partial charge in [0.25, 0.3) is 0 Å².